The molecule has 25 heavy (non-hydrogen) atoms. The number of ether oxygens (including phenoxy) is 1. The molecule has 0 spiro atoms. The Labute approximate surface area is 147 Å². The Hall–Kier alpha value is -2.56. The van der Waals surface area contributed by atoms with Gasteiger partial charge in [0.2, 0.25) is 5.91 Å². The fraction of sp³-hybridized carbons (Fsp3) is 0.400. The van der Waals surface area contributed by atoms with E-state index in [4.69, 9.17) is 4.74 Å². The van der Waals surface area contributed by atoms with E-state index in [0.717, 1.165) is 17.7 Å². The standard InChI is InChI=1S/C20H24N2O3/c1-4-18(15-8-6-5-7-9-15)20(24)22-12-17(13-22)25-16-10-14(2)21(3)19(23)11-16/h5-11,17-18H,4,12-13H2,1-3H3. The van der Waals surface area contributed by atoms with Gasteiger partial charge in [0.05, 0.1) is 19.0 Å². The van der Waals surface area contributed by atoms with E-state index in [1.807, 2.05) is 55.1 Å². The van der Waals surface area contributed by atoms with Crippen molar-refractivity contribution in [3.05, 3.63) is 64.1 Å². The van der Waals surface area contributed by atoms with Crippen LogP contribution in [0.2, 0.25) is 0 Å². The SMILES string of the molecule is CCC(C(=O)N1CC(Oc2cc(C)n(C)c(=O)c2)C1)c1ccccc1. The van der Waals surface area contributed by atoms with Crippen LogP contribution in [0, 0.1) is 6.92 Å². The molecule has 0 N–H and O–H groups in total. The molecule has 0 aliphatic carbocycles. The Morgan fingerprint density at radius 2 is 1.92 bits per heavy atom. The molecular formula is C20H24N2O3. The number of likely N-dealkylation sites (tertiary alicyclic amines) is 1. The molecule has 2 heterocycles. The first-order valence-corrected chi connectivity index (χ1v) is 8.67. The van der Waals surface area contributed by atoms with E-state index in [9.17, 15) is 9.59 Å². The van der Waals surface area contributed by atoms with E-state index in [0.29, 0.717) is 18.8 Å². The van der Waals surface area contributed by atoms with Gasteiger partial charge in [-0.2, -0.15) is 0 Å². The molecule has 1 aliphatic heterocycles. The number of amides is 1. The predicted molar refractivity (Wildman–Crippen MR) is 96.9 cm³/mol. The number of hydrogen-bond acceptors (Lipinski definition) is 3. The van der Waals surface area contributed by atoms with E-state index in [2.05, 4.69) is 0 Å². The van der Waals surface area contributed by atoms with E-state index in [1.54, 1.807) is 11.6 Å². The quantitative estimate of drug-likeness (QED) is 0.840. The molecular weight excluding hydrogens is 316 g/mol. The maximum absolute atomic E-state index is 12.7. The molecule has 1 aromatic heterocycles. The lowest BCUT2D eigenvalue weighted by molar-refractivity contribution is -0.141. The second kappa shape index (κ2) is 7.13. The number of aryl methyl sites for hydroxylation is 1. The van der Waals surface area contributed by atoms with Gasteiger partial charge < -0.3 is 14.2 Å². The molecule has 2 aromatic rings. The summed E-state index contributed by atoms with van der Waals surface area (Å²) in [6.45, 7) is 5.04. The zero-order valence-electron chi connectivity index (χ0n) is 14.9. The van der Waals surface area contributed by atoms with E-state index < -0.39 is 0 Å². The van der Waals surface area contributed by atoms with E-state index in [-0.39, 0.29) is 23.5 Å². The fourth-order valence-electron chi connectivity index (χ4n) is 3.15. The van der Waals surface area contributed by atoms with E-state index >= 15 is 0 Å². The molecule has 1 aromatic carbocycles. The molecule has 1 saturated heterocycles. The number of rotatable bonds is 5. The van der Waals surface area contributed by atoms with Gasteiger partial charge in [-0.1, -0.05) is 37.3 Å². The first-order chi connectivity index (χ1) is 12.0. The molecule has 5 heteroatoms. The highest BCUT2D eigenvalue weighted by Crippen LogP contribution is 2.26. The maximum atomic E-state index is 12.7. The Bertz CT molecular complexity index is 807. The Morgan fingerprint density at radius 3 is 2.52 bits per heavy atom. The van der Waals surface area contributed by atoms with Crippen molar-refractivity contribution in [1.82, 2.24) is 9.47 Å². The van der Waals surface area contributed by atoms with E-state index in [1.165, 1.54) is 6.07 Å². The molecule has 0 saturated carbocycles. The molecule has 3 rings (SSSR count). The summed E-state index contributed by atoms with van der Waals surface area (Å²) in [5.41, 5.74) is 1.82. The van der Waals surface area contributed by atoms with Gasteiger partial charge in [-0.25, -0.2) is 0 Å². The number of nitrogens with zero attached hydrogens (tertiary/aromatic N) is 2. The van der Waals surface area contributed by atoms with Gasteiger partial charge in [-0.15, -0.1) is 0 Å². The van der Waals surface area contributed by atoms with Crippen molar-refractivity contribution in [2.45, 2.75) is 32.3 Å². The second-order valence-electron chi connectivity index (χ2n) is 6.58. The Balaban J connectivity index is 1.60. The monoisotopic (exact) mass is 340 g/mol. The molecule has 5 nitrogen and oxygen atoms in total. The van der Waals surface area contributed by atoms with Gasteiger partial charge in [0.15, 0.2) is 0 Å². The van der Waals surface area contributed by atoms with Crippen molar-refractivity contribution in [2.75, 3.05) is 13.1 Å². The number of carbonyl (C=O) groups excluding carboxylic acids is 1. The van der Waals surface area contributed by atoms with Crippen LogP contribution in [0.5, 0.6) is 5.75 Å². The van der Waals surface area contributed by atoms with Gasteiger partial charge in [0.25, 0.3) is 5.56 Å². The van der Waals surface area contributed by atoms with Crippen molar-refractivity contribution < 1.29 is 9.53 Å². The maximum Gasteiger partial charge on any atom is 0.254 e. The summed E-state index contributed by atoms with van der Waals surface area (Å²) in [4.78, 5) is 26.4. The van der Waals surface area contributed by atoms with Crippen LogP contribution in [0.3, 0.4) is 0 Å². The normalized spacial score (nSPS) is 15.6. The highest BCUT2D eigenvalue weighted by molar-refractivity contribution is 5.84. The molecule has 1 fully saturated rings. The summed E-state index contributed by atoms with van der Waals surface area (Å²) in [7, 11) is 1.74. The minimum absolute atomic E-state index is 0.0521. The van der Waals surface area contributed by atoms with Crippen LogP contribution in [0.1, 0.15) is 30.5 Å². The third-order valence-corrected chi connectivity index (χ3v) is 4.85. The van der Waals surface area contributed by atoms with Gasteiger partial charge in [-0.3, -0.25) is 9.59 Å². The molecule has 1 amide bonds. The zero-order valence-corrected chi connectivity index (χ0v) is 14.9. The summed E-state index contributed by atoms with van der Waals surface area (Å²) in [5, 5.41) is 0. The third-order valence-electron chi connectivity index (χ3n) is 4.85. The lowest BCUT2D eigenvalue weighted by atomic mass is 9.93. The van der Waals surface area contributed by atoms with Crippen LogP contribution in [-0.2, 0) is 11.8 Å². The van der Waals surface area contributed by atoms with Crippen LogP contribution < -0.4 is 10.3 Å². The van der Waals surface area contributed by atoms with Gasteiger partial charge >= 0.3 is 0 Å². The van der Waals surface area contributed by atoms with Crippen LogP contribution in [0.25, 0.3) is 0 Å². The number of pyridine rings is 1. The van der Waals surface area contributed by atoms with Crippen LogP contribution in [-0.4, -0.2) is 34.6 Å². The summed E-state index contributed by atoms with van der Waals surface area (Å²) < 4.78 is 7.44. The topological polar surface area (TPSA) is 51.5 Å². The van der Waals surface area contributed by atoms with Crippen molar-refractivity contribution >= 4 is 5.91 Å². The van der Waals surface area contributed by atoms with Gasteiger partial charge in [0.1, 0.15) is 11.9 Å². The minimum atomic E-state index is -0.103. The number of carbonyl (C=O) groups is 1. The lowest BCUT2D eigenvalue weighted by Gasteiger charge is -2.40. The summed E-state index contributed by atoms with van der Waals surface area (Å²) in [6, 6.07) is 13.2. The highest BCUT2D eigenvalue weighted by atomic mass is 16.5. The first kappa shape index (κ1) is 17.3. The Kier molecular flexibility index (Phi) is 4.93. The molecule has 132 valence electrons. The Morgan fingerprint density at radius 1 is 1.24 bits per heavy atom. The number of hydrogen-bond donors (Lipinski definition) is 0. The number of aromatic nitrogens is 1. The summed E-state index contributed by atoms with van der Waals surface area (Å²) in [6.07, 6.45) is 0.724. The molecule has 0 radical (unpaired) electrons. The smallest absolute Gasteiger partial charge is 0.254 e. The first-order valence-electron chi connectivity index (χ1n) is 8.67. The summed E-state index contributed by atoms with van der Waals surface area (Å²) >= 11 is 0. The van der Waals surface area contributed by atoms with Crippen molar-refractivity contribution in [2.24, 2.45) is 7.05 Å². The second-order valence-corrected chi connectivity index (χ2v) is 6.58. The third kappa shape index (κ3) is 3.60. The zero-order chi connectivity index (χ0) is 18.0. The van der Waals surface area contributed by atoms with Gasteiger partial charge in [0, 0.05) is 18.8 Å². The van der Waals surface area contributed by atoms with Gasteiger partial charge in [-0.05, 0) is 25.0 Å². The fourth-order valence-corrected chi connectivity index (χ4v) is 3.15. The minimum Gasteiger partial charge on any atom is -0.486 e. The molecule has 1 unspecified atom stereocenters. The largest absolute Gasteiger partial charge is 0.486 e. The van der Waals surface area contributed by atoms with Crippen molar-refractivity contribution in [3.8, 4) is 5.75 Å². The average Bonchev–Trinajstić information content (AvgIpc) is 2.57. The van der Waals surface area contributed by atoms with Crippen LogP contribution in [0.4, 0.5) is 0 Å². The average molecular weight is 340 g/mol. The van der Waals surface area contributed by atoms with Crippen LogP contribution in [0.15, 0.2) is 47.3 Å². The number of benzene rings is 1. The summed E-state index contributed by atoms with van der Waals surface area (Å²) in [5.74, 6) is 0.620. The van der Waals surface area contributed by atoms with Crippen molar-refractivity contribution in [1.29, 1.82) is 0 Å². The predicted octanol–water partition coefficient (Wildman–Crippen LogP) is 2.48. The van der Waals surface area contributed by atoms with Crippen LogP contribution >= 0.6 is 0 Å². The highest BCUT2D eigenvalue weighted by Gasteiger charge is 2.35. The van der Waals surface area contributed by atoms with Crippen molar-refractivity contribution in [3.63, 3.8) is 0 Å². The molecule has 0 bridgehead atoms. The molecule has 1 atom stereocenters. The lowest BCUT2D eigenvalue weighted by Crippen LogP contribution is -2.57. The molecule has 1 aliphatic rings.